The predicted molar refractivity (Wildman–Crippen MR) is 93.5 cm³/mol. The normalized spacial score (nSPS) is 49.2. The first-order chi connectivity index (χ1) is 10.8. The number of piperidine rings is 1. The molecule has 22 heavy (non-hydrogen) atoms. The first-order valence-electron chi connectivity index (χ1n) is 10.3. The highest BCUT2D eigenvalue weighted by Crippen LogP contribution is 2.45. The van der Waals surface area contributed by atoms with Gasteiger partial charge in [-0.3, -0.25) is 0 Å². The Hall–Kier alpha value is 0.250. The summed E-state index contributed by atoms with van der Waals surface area (Å²) in [5.41, 5.74) is 0. The van der Waals surface area contributed by atoms with Crippen LogP contribution in [-0.2, 0) is 0 Å². The molecule has 0 aromatic carbocycles. The molecule has 0 aromatic rings. The Morgan fingerprint density at radius 1 is 0.773 bits per heavy atom. The van der Waals surface area contributed by atoms with Crippen LogP contribution in [0, 0.1) is 23.7 Å². The number of hydrogen-bond acceptors (Lipinski definition) is 0. The fraction of sp³-hybridized carbons (Fsp3) is 1.00. The van der Waals surface area contributed by atoms with Crippen LogP contribution in [0.15, 0.2) is 0 Å². The van der Waals surface area contributed by atoms with Gasteiger partial charge in [-0.1, -0.05) is 25.7 Å². The molecule has 1 N–H and O–H groups in total. The second kappa shape index (κ2) is 7.01. The molecule has 126 valence electrons. The van der Waals surface area contributed by atoms with Gasteiger partial charge in [0.15, 0.2) is 0 Å². The van der Waals surface area contributed by atoms with Crippen molar-refractivity contribution < 1.29 is 4.90 Å². The van der Waals surface area contributed by atoms with Crippen LogP contribution in [0.1, 0.15) is 77.0 Å². The summed E-state index contributed by atoms with van der Waals surface area (Å²) < 4.78 is 0. The number of alkyl halides is 1. The zero-order valence-electron chi connectivity index (χ0n) is 14.2. The molecule has 1 heterocycles. The molecule has 4 fully saturated rings. The molecule has 0 aromatic heterocycles. The second-order valence-corrected chi connectivity index (χ2v) is 9.56. The first-order valence-corrected chi connectivity index (χ1v) is 10.7. The fourth-order valence-electron chi connectivity index (χ4n) is 6.77. The van der Waals surface area contributed by atoms with E-state index in [1.165, 1.54) is 64.5 Å². The van der Waals surface area contributed by atoms with Crippen molar-refractivity contribution in [2.24, 2.45) is 23.7 Å². The standard InChI is InChI=1S/C20H34ClN/c21-17-7-3-5-15(13-17)14-22-12-4-9-19-18-8-2-1-6-16(18)10-11-20(19)22/h15-20H,1-14H2/p+1. The largest absolute Gasteiger partial charge is 0.332 e. The van der Waals surface area contributed by atoms with Gasteiger partial charge in [0.05, 0.1) is 19.1 Å². The quantitative estimate of drug-likeness (QED) is 0.731. The van der Waals surface area contributed by atoms with Gasteiger partial charge in [0.25, 0.3) is 0 Å². The topological polar surface area (TPSA) is 4.44 Å². The summed E-state index contributed by atoms with van der Waals surface area (Å²) in [4.78, 5) is 2.00. The highest BCUT2D eigenvalue weighted by molar-refractivity contribution is 6.20. The molecule has 0 bridgehead atoms. The summed E-state index contributed by atoms with van der Waals surface area (Å²) in [5, 5.41) is 0.479. The first kappa shape index (κ1) is 15.8. The van der Waals surface area contributed by atoms with E-state index in [4.69, 9.17) is 11.6 Å². The van der Waals surface area contributed by atoms with E-state index in [0.717, 1.165) is 29.7 Å². The van der Waals surface area contributed by atoms with Crippen molar-refractivity contribution in [3.63, 3.8) is 0 Å². The summed E-state index contributed by atoms with van der Waals surface area (Å²) in [6, 6.07) is 1.02. The van der Waals surface area contributed by atoms with Crippen LogP contribution in [0.4, 0.5) is 0 Å². The van der Waals surface area contributed by atoms with Crippen LogP contribution in [0.25, 0.3) is 0 Å². The molecular formula is C20H35ClN+. The van der Waals surface area contributed by atoms with Crippen molar-refractivity contribution in [3.8, 4) is 0 Å². The molecule has 7 atom stereocenters. The van der Waals surface area contributed by atoms with Crippen molar-refractivity contribution in [1.29, 1.82) is 0 Å². The van der Waals surface area contributed by atoms with E-state index < -0.39 is 0 Å². The smallest absolute Gasteiger partial charge is 0.0906 e. The molecule has 4 aliphatic rings. The number of halogens is 1. The highest BCUT2D eigenvalue weighted by Gasteiger charge is 2.46. The molecule has 0 spiro atoms. The van der Waals surface area contributed by atoms with E-state index in [1.807, 2.05) is 4.90 Å². The monoisotopic (exact) mass is 324 g/mol. The molecular weight excluding hydrogens is 290 g/mol. The van der Waals surface area contributed by atoms with E-state index in [-0.39, 0.29) is 0 Å². The summed E-state index contributed by atoms with van der Waals surface area (Å²) in [7, 11) is 0. The van der Waals surface area contributed by atoms with Gasteiger partial charge in [-0.15, -0.1) is 11.6 Å². The van der Waals surface area contributed by atoms with E-state index in [0.29, 0.717) is 5.38 Å². The van der Waals surface area contributed by atoms with E-state index in [1.54, 1.807) is 25.7 Å². The van der Waals surface area contributed by atoms with Gasteiger partial charge in [0.1, 0.15) is 0 Å². The van der Waals surface area contributed by atoms with Crippen LogP contribution in [-0.4, -0.2) is 24.5 Å². The third-order valence-corrected chi connectivity index (χ3v) is 8.11. The van der Waals surface area contributed by atoms with Crippen LogP contribution >= 0.6 is 11.6 Å². The van der Waals surface area contributed by atoms with E-state index in [2.05, 4.69) is 0 Å². The SMILES string of the molecule is ClC1CCCC(C[NH+]2CCCC3C4CCCCC4CCC32)C1. The molecule has 2 heteroatoms. The van der Waals surface area contributed by atoms with Gasteiger partial charge in [-0.05, 0) is 63.2 Å². The van der Waals surface area contributed by atoms with Gasteiger partial charge in [-0.25, -0.2) is 0 Å². The molecule has 1 nitrogen and oxygen atoms in total. The zero-order chi connectivity index (χ0) is 14.9. The maximum atomic E-state index is 6.45. The lowest BCUT2D eigenvalue weighted by atomic mass is 9.61. The molecule has 0 radical (unpaired) electrons. The van der Waals surface area contributed by atoms with Gasteiger partial charge in [0, 0.05) is 17.2 Å². The minimum Gasteiger partial charge on any atom is -0.332 e. The Kier molecular flexibility index (Phi) is 5.02. The van der Waals surface area contributed by atoms with Gasteiger partial charge in [-0.2, -0.15) is 0 Å². The average Bonchev–Trinajstić information content (AvgIpc) is 2.55. The second-order valence-electron chi connectivity index (χ2n) is 8.94. The number of likely N-dealkylation sites (tertiary alicyclic amines) is 1. The average molecular weight is 325 g/mol. The summed E-state index contributed by atoms with van der Waals surface area (Å²) in [5.74, 6) is 4.22. The van der Waals surface area contributed by atoms with Crippen molar-refractivity contribution in [3.05, 3.63) is 0 Å². The number of quaternary nitrogens is 1. The number of hydrogen-bond donors (Lipinski definition) is 1. The zero-order valence-corrected chi connectivity index (χ0v) is 15.0. The Morgan fingerprint density at radius 3 is 2.55 bits per heavy atom. The third kappa shape index (κ3) is 3.22. The van der Waals surface area contributed by atoms with E-state index in [9.17, 15) is 0 Å². The summed E-state index contributed by atoms with van der Waals surface area (Å²) in [6.07, 6.45) is 17.7. The molecule has 3 aliphatic carbocycles. The van der Waals surface area contributed by atoms with Crippen LogP contribution in [0.5, 0.6) is 0 Å². The fourth-order valence-corrected chi connectivity index (χ4v) is 7.18. The summed E-state index contributed by atoms with van der Waals surface area (Å²) >= 11 is 6.45. The number of nitrogens with one attached hydrogen (secondary N) is 1. The third-order valence-electron chi connectivity index (χ3n) is 7.71. The van der Waals surface area contributed by atoms with Crippen molar-refractivity contribution in [2.75, 3.05) is 13.1 Å². The Morgan fingerprint density at radius 2 is 1.64 bits per heavy atom. The lowest BCUT2D eigenvalue weighted by Crippen LogP contribution is -3.18. The molecule has 1 saturated heterocycles. The molecule has 1 aliphatic heterocycles. The van der Waals surface area contributed by atoms with Crippen molar-refractivity contribution >= 4 is 11.6 Å². The van der Waals surface area contributed by atoms with Crippen LogP contribution in [0.3, 0.4) is 0 Å². The minimum atomic E-state index is 0.479. The van der Waals surface area contributed by atoms with Gasteiger partial charge >= 0.3 is 0 Å². The number of rotatable bonds is 2. The summed E-state index contributed by atoms with van der Waals surface area (Å²) in [6.45, 7) is 2.91. The lowest BCUT2D eigenvalue weighted by molar-refractivity contribution is -0.940. The maximum Gasteiger partial charge on any atom is 0.0906 e. The molecule has 3 saturated carbocycles. The molecule has 4 rings (SSSR count). The predicted octanol–water partition coefficient (Wildman–Crippen LogP) is 4.05. The highest BCUT2D eigenvalue weighted by atomic mass is 35.5. The van der Waals surface area contributed by atoms with Gasteiger partial charge in [0.2, 0.25) is 0 Å². The number of fused-ring (bicyclic) bond motifs is 3. The van der Waals surface area contributed by atoms with E-state index >= 15 is 0 Å². The van der Waals surface area contributed by atoms with Crippen molar-refractivity contribution in [2.45, 2.75) is 88.5 Å². The van der Waals surface area contributed by atoms with Crippen LogP contribution < -0.4 is 4.90 Å². The minimum absolute atomic E-state index is 0.479. The Bertz CT molecular complexity index is 371. The van der Waals surface area contributed by atoms with Crippen molar-refractivity contribution in [1.82, 2.24) is 0 Å². The maximum absolute atomic E-state index is 6.45. The van der Waals surface area contributed by atoms with Crippen LogP contribution in [0.2, 0.25) is 0 Å². The van der Waals surface area contributed by atoms with Gasteiger partial charge < -0.3 is 4.90 Å². The lowest BCUT2D eigenvalue weighted by Gasteiger charge is -2.50. The molecule has 7 unspecified atom stereocenters. The Labute approximate surface area is 142 Å². The molecule has 0 amide bonds. The Balaban J connectivity index is 1.41.